The molecule has 1 aliphatic heterocycles. The summed E-state index contributed by atoms with van der Waals surface area (Å²) in [7, 11) is 0. The highest BCUT2D eigenvalue weighted by molar-refractivity contribution is 6.53. The Kier molecular flexibility index (Phi) is 6.86. The van der Waals surface area contributed by atoms with Gasteiger partial charge in [-0.1, -0.05) is 52.5 Å². The lowest BCUT2D eigenvalue weighted by molar-refractivity contribution is -0.120. The molecule has 3 aromatic carbocycles. The number of anilines is 3. The summed E-state index contributed by atoms with van der Waals surface area (Å²) in [5.74, 6) is -1.65. The molecule has 0 unspecified atom stereocenters. The molecule has 10 heteroatoms. The van der Waals surface area contributed by atoms with E-state index in [9.17, 15) is 14.4 Å². The lowest BCUT2D eigenvalue weighted by atomic mass is 10.1. The van der Waals surface area contributed by atoms with Gasteiger partial charge in [0.15, 0.2) is 0 Å². The van der Waals surface area contributed by atoms with Gasteiger partial charge in [-0.15, -0.1) is 0 Å². The van der Waals surface area contributed by atoms with Gasteiger partial charge in [-0.05, 0) is 67.1 Å². The zero-order valence-electron chi connectivity index (χ0n) is 17.5. The van der Waals surface area contributed by atoms with E-state index in [4.69, 9.17) is 46.4 Å². The average molecular weight is 535 g/mol. The molecule has 0 aromatic heterocycles. The van der Waals surface area contributed by atoms with Gasteiger partial charge in [0.25, 0.3) is 17.7 Å². The zero-order valence-corrected chi connectivity index (χ0v) is 20.5. The molecule has 0 atom stereocenters. The van der Waals surface area contributed by atoms with Crippen molar-refractivity contribution in [2.24, 2.45) is 0 Å². The van der Waals surface area contributed by atoms with Gasteiger partial charge in [-0.25, -0.2) is 4.90 Å². The van der Waals surface area contributed by atoms with Crippen LogP contribution in [0, 0.1) is 6.92 Å². The minimum atomic E-state index is -0.657. The van der Waals surface area contributed by atoms with Crippen molar-refractivity contribution in [2.75, 3.05) is 15.5 Å². The number of imide groups is 1. The van der Waals surface area contributed by atoms with Crippen LogP contribution >= 0.6 is 46.4 Å². The first kappa shape index (κ1) is 24.1. The molecule has 0 spiro atoms. The van der Waals surface area contributed by atoms with Gasteiger partial charge >= 0.3 is 0 Å². The Morgan fingerprint density at radius 1 is 0.765 bits per heavy atom. The minimum absolute atomic E-state index is 0.0724. The summed E-state index contributed by atoms with van der Waals surface area (Å²) in [6.45, 7) is 1.76. The van der Waals surface area contributed by atoms with Crippen LogP contribution < -0.4 is 15.5 Å². The highest BCUT2D eigenvalue weighted by Crippen LogP contribution is 2.33. The number of aryl methyl sites for hydroxylation is 1. The minimum Gasteiger partial charge on any atom is -0.350 e. The van der Waals surface area contributed by atoms with Crippen LogP contribution in [0.4, 0.5) is 17.1 Å². The third-order valence-electron chi connectivity index (χ3n) is 4.98. The average Bonchev–Trinajstić information content (AvgIpc) is 2.98. The highest BCUT2D eigenvalue weighted by atomic mass is 35.5. The van der Waals surface area contributed by atoms with Crippen LogP contribution in [0.2, 0.25) is 15.1 Å². The molecule has 0 saturated heterocycles. The molecule has 2 N–H and O–H groups in total. The fourth-order valence-corrected chi connectivity index (χ4v) is 4.24. The second-order valence-electron chi connectivity index (χ2n) is 7.38. The van der Waals surface area contributed by atoms with Gasteiger partial charge in [-0.2, -0.15) is 0 Å². The smallest absolute Gasteiger partial charge is 0.283 e. The molecule has 1 aliphatic rings. The van der Waals surface area contributed by atoms with Crippen LogP contribution in [0.25, 0.3) is 0 Å². The van der Waals surface area contributed by atoms with Crippen molar-refractivity contribution in [1.29, 1.82) is 0 Å². The predicted molar refractivity (Wildman–Crippen MR) is 136 cm³/mol. The quantitative estimate of drug-likeness (QED) is 0.359. The Labute approximate surface area is 215 Å². The van der Waals surface area contributed by atoms with E-state index in [1.165, 1.54) is 6.07 Å². The van der Waals surface area contributed by atoms with Gasteiger partial charge in [0.05, 0.1) is 5.69 Å². The fourth-order valence-electron chi connectivity index (χ4n) is 3.33. The number of nitrogens with zero attached hydrogens (tertiary/aromatic N) is 1. The van der Waals surface area contributed by atoms with Crippen LogP contribution in [0.15, 0.2) is 71.4 Å². The number of amides is 3. The lowest BCUT2D eigenvalue weighted by Crippen LogP contribution is -2.32. The first-order chi connectivity index (χ1) is 16.1. The molecule has 4 rings (SSSR count). The Balaban J connectivity index is 1.50. The molecule has 1 heterocycles. The first-order valence-corrected chi connectivity index (χ1v) is 11.3. The number of rotatable bonds is 5. The van der Waals surface area contributed by atoms with Crippen molar-refractivity contribution in [3.05, 3.63) is 97.6 Å². The third kappa shape index (κ3) is 4.91. The second-order valence-corrected chi connectivity index (χ2v) is 9.07. The van der Waals surface area contributed by atoms with Crippen molar-refractivity contribution in [3.63, 3.8) is 0 Å². The monoisotopic (exact) mass is 533 g/mol. The van der Waals surface area contributed by atoms with E-state index in [1.54, 1.807) is 61.5 Å². The van der Waals surface area contributed by atoms with E-state index in [2.05, 4.69) is 10.6 Å². The van der Waals surface area contributed by atoms with Crippen LogP contribution in [0.3, 0.4) is 0 Å². The van der Waals surface area contributed by atoms with Gasteiger partial charge in [0, 0.05) is 32.0 Å². The maximum Gasteiger partial charge on any atom is 0.283 e. The molecule has 3 amide bonds. The largest absolute Gasteiger partial charge is 0.350 e. The number of carbonyl (C=O) groups is 3. The first-order valence-electron chi connectivity index (χ1n) is 9.83. The molecular formula is C24H15Cl4N3O3. The summed E-state index contributed by atoms with van der Waals surface area (Å²) in [6.07, 6.45) is 0. The molecule has 0 radical (unpaired) electrons. The summed E-state index contributed by atoms with van der Waals surface area (Å²) in [4.78, 5) is 39.2. The van der Waals surface area contributed by atoms with E-state index >= 15 is 0 Å². The third-order valence-corrected chi connectivity index (χ3v) is 6.00. The number of nitrogens with one attached hydrogen (secondary N) is 2. The van der Waals surface area contributed by atoms with Crippen LogP contribution in [-0.2, 0) is 9.59 Å². The second kappa shape index (κ2) is 9.68. The van der Waals surface area contributed by atoms with E-state index in [-0.39, 0.29) is 16.6 Å². The zero-order chi connectivity index (χ0) is 24.6. The topological polar surface area (TPSA) is 78.5 Å². The molecule has 0 aliphatic carbocycles. The van der Waals surface area contributed by atoms with Gasteiger partial charge in [-0.3, -0.25) is 14.4 Å². The van der Waals surface area contributed by atoms with Crippen molar-refractivity contribution >= 4 is 81.2 Å². The Morgan fingerprint density at radius 2 is 1.41 bits per heavy atom. The van der Waals surface area contributed by atoms with E-state index < -0.39 is 11.8 Å². The van der Waals surface area contributed by atoms with Crippen molar-refractivity contribution in [2.45, 2.75) is 6.92 Å². The maximum atomic E-state index is 13.0. The maximum absolute atomic E-state index is 13.0. The molecule has 0 saturated carbocycles. The summed E-state index contributed by atoms with van der Waals surface area (Å²) in [6, 6.07) is 15.9. The summed E-state index contributed by atoms with van der Waals surface area (Å²) >= 11 is 24.2. The number of benzene rings is 3. The van der Waals surface area contributed by atoms with Gasteiger partial charge < -0.3 is 10.6 Å². The molecule has 172 valence electrons. The van der Waals surface area contributed by atoms with Crippen LogP contribution in [0.1, 0.15) is 15.9 Å². The van der Waals surface area contributed by atoms with Crippen molar-refractivity contribution in [1.82, 2.24) is 0 Å². The van der Waals surface area contributed by atoms with Crippen molar-refractivity contribution in [3.8, 4) is 0 Å². The molecule has 3 aromatic rings. The number of carbonyl (C=O) groups excluding carboxylic acids is 3. The standard InChI is InChI=1S/C24H15Cl4N3O3/c1-12-2-5-14(25)11-19(12)31-23(33)20(28)21(24(31)34)29-17-6-3-13(4-7-17)22(32)30-18-9-15(26)8-16(27)10-18/h2-11,29H,1H3,(H,30,32). The summed E-state index contributed by atoms with van der Waals surface area (Å²) in [5, 5.41) is 6.51. The van der Waals surface area contributed by atoms with Gasteiger partial charge in [0.1, 0.15) is 10.7 Å². The molecular weight excluding hydrogens is 520 g/mol. The normalized spacial score (nSPS) is 13.5. The SMILES string of the molecule is Cc1ccc(Cl)cc1N1C(=O)C(Cl)=C(Nc2ccc(C(=O)Nc3cc(Cl)cc(Cl)c3)cc2)C1=O. The van der Waals surface area contributed by atoms with E-state index in [0.29, 0.717) is 43.3 Å². The molecule has 34 heavy (non-hydrogen) atoms. The highest BCUT2D eigenvalue weighted by Gasteiger charge is 2.39. The van der Waals surface area contributed by atoms with E-state index in [0.717, 1.165) is 4.90 Å². The summed E-state index contributed by atoms with van der Waals surface area (Å²) < 4.78 is 0. The number of hydrogen-bond donors (Lipinski definition) is 2. The van der Waals surface area contributed by atoms with Crippen molar-refractivity contribution < 1.29 is 14.4 Å². The Morgan fingerprint density at radius 3 is 2.06 bits per heavy atom. The molecule has 6 nitrogen and oxygen atoms in total. The fraction of sp³-hybridized carbons (Fsp3) is 0.0417. The summed E-state index contributed by atoms with van der Waals surface area (Å²) in [5.41, 5.74) is 2.23. The number of hydrogen-bond acceptors (Lipinski definition) is 4. The molecule has 0 fully saturated rings. The lowest BCUT2D eigenvalue weighted by Gasteiger charge is -2.17. The Hall–Kier alpha value is -3.03. The Bertz CT molecular complexity index is 1350. The van der Waals surface area contributed by atoms with Crippen LogP contribution in [-0.4, -0.2) is 17.7 Å². The molecule has 0 bridgehead atoms. The van der Waals surface area contributed by atoms with E-state index in [1.807, 2.05) is 0 Å². The predicted octanol–water partition coefficient (Wildman–Crippen LogP) is 6.64. The number of halogens is 4. The van der Waals surface area contributed by atoms with Crippen LogP contribution in [0.5, 0.6) is 0 Å². The van der Waals surface area contributed by atoms with Gasteiger partial charge in [0.2, 0.25) is 0 Å².